The van der Waals surface area contributed by atoms with E-state index in [1.54, 1.807) is 0 Å². The van der Waals surface area contributed by atoms with E-state index in [1.165, 1.54) is 0 Å². The molecule has 140 valence electrons. The second-order valence-corrected chi connectivity index (χ2v) is 7.74. The van der Waals surface area contributed by atoms with Gasteiger partial charge >= 0.3 is 31.1 Å². The van der Waals surface area contributed by atoms with Gasteiger partial charge in [-0.25, -0.2) is 16.8 Å². The Morgan fingerprint density at radius 3 is 1.71 bits per heavy atom. The molecule has 0 fully saturated rings. The average molecular weight is 403 g/mol. The molecule has 1 heterocycles. The first-order valence-electron chi connectivity index (χ1n) is 5.50. The summed E-state index contributed by atoms with van der Waals surface area (Å²) in [6.45, 7) is 1.63. The highest BCUT2D eigenvalue weighted by Crippen LogP contribution is 2.27. The molecule has 1 aliphatic heterocycles. The van der Waals surface area contributed by atoms with Crippen molar-refractivity contribution in [2.45, 2.75) is 11.0 Å². The predicted molar refractivity (Wildman–Crippen MR) is 70.4 cm³/mol. The molecule has 15 heteroatoms. The molecule has 24 heavy (non-hydrogen) atoms. The van der Waals surface area contributed by atoms with Gasteiger partial charge in [0.15, 0.2) is 0 Å². The molecule has 0 unspecified atom stereocenters. The second kappa shape index (κ2) is 7.49. The summed E-state index contributed by atoms with van der Waals surface area (Å²) < 4.78 is 108. The molecule has 0 bridgehead atoms. The third-order valence-corrected chi connectivity index (χ3v) is 5.03. The number of terminal acetylenes is 1. The van der Waals surface area contributed by atoms with Crippen LogP contribution in [0.4, 0.5) is 26.3 Å². The number of nitrogens with one attached hydrogen (secondary N) is 1. The van der Waals surface area contributed by atoms with E-state index < -0.39 is 35.2 Å². The van der Waals surface area contributed by atoms with Crippen molar-refractivity contribution < 1.29 is 43.2 Å². The monoisotopic (exact) mass is 403 g/mol. The summed E-state index contributed by atoms with van der Waals surface area (Å²) in [6.07, 6.45) is 9.12. The van der Waals surface area contributed by atoms with Crippen molar-refractivity contribution in [3.63, 3.8) is 0 Å². The van der Waals surface area contributed by atoms with Crippen LogP contribution in [0.1, 0.15) is 0 Å². The minimum Gasteiger partial charge on any atom is -0.362 e. The summed E-state index contributed by atoms with van der Waals surface area (Å²) in [4.78, 5) is 4.15. The Bertz CT molecular complexity index is 663. The lowest BCUT2D eigenvalue weighted by atomic mass is 10.6. The van der Waals surface area contributed by atoms with Gasteiger partial charge in [-0.05, 0) is 0 Å². The quantitative estimate of drug-likeness (QED) is 0.548. The maximum Gasteiger partial charge on any atom is 0.512 e. The van der Waals surface area contributed by atoms with Crippen LogP contribution in [0.15, 0.2) is 12.4 Å². The first kappa shape index (κ1) is 22.3. The summed E-state index contributed by atoms with van der Waals surface area (Å²) in [5.41, 5.74) is -12.3. The zero-order valence-corrected chi connectivity index (χ0v) is 13.4. The predicted octanol–water partition coefficient (Wildman–Crippen LogP) is 0.571. The van der Waals surface area contributed by atoms with Gasteiger partial charge in [-0.2, -0.15) is 26.3 Å². The highest BCUT2D eigenvalue weighted by atomic mass is 32.3. The number of alkyl halides is 6. The summed E-state index contributed by atoms with van der Waals surface area (Å²) in [7, 11) is -11.2. The van der Waals surface area contributed by atoms with Crippen LogP contribution in [0.2, 0.25) is 0 Å². The molecule has 0 saturated heterocycles. The topological polar surface area (TPSA) is 86.8 Å². The molecule has 0 atom stereocenters. The molecule has 1 rings (SSSR count). The zero-order valence-electron chi connectivity index (χ0n) is 11.8. The Morgan fingerprint density at radius 1 is 1.04 bits per heavy atom. The molecule has 0 radical (unpaired) electrons. The number of hydrogen-bond donors (Lipinski definition) is 1. The number of rotatable bonds is 3. The van der Waals surface area contributed by atoms with E-state index in [2.05, 4.69) is 15.7 Å². The van der Waals surface area contributed by atoms with Crippen LogP contribution < -0.4 is 4.13 Å². The van der Waals surface area contributed by atoms with Crippen molar-refractivity contribution in [1.29, 1.82) is 0 Å². The van der Waals surface area contributed by atoms with Gasteiger partial charge in [0.25, 0.3) is 0 Å². The van der Waals surface area contributed by atoms with Gasteiger partial charge < -0.3 is 9.80 Å². The molecular formula is C9H11F6N3O4S2. The van der Waals surface area contributed by atoms with E-state index in [0.717, 1.165) is 6.67 Å². The summed E-state index contributed by atoms with van der Waals surface area (Å²) in [6, 6.07) is 0. The molecule has 0 spiro atoms. The van der Waals surface area contributed by atoms with Crippen molar-refractivity contribution in [2.24, 2.45) is 0 Å². The third kappa shape index (κ3) is 6.45. The highest BCUT2D eigenvalue weighted by Gasteiger charge is 2.55. The molecule has 0 aliphatic carbocycles. The fourth-order valence-corrected chi connectivity index (χ4v) is 2.96. The standard InChI is InChI=1S/C7H10N2.C2HF6NO4S2/c1-3-4-9-6-5-8(2)7-9;3-1(4,5)14(10,11)9-15(12,13)2(6,7)8/h1,5-6H,4,7H2,2H3;9H. The first-order valence-corrected chi connectivity index (χ1v) is 8.47. The first-order chi connectivity index (χ1) is 10.5. The maximum atomic E-state index is 11.5. The minimum atomic E-state index is -6.60. The lowest BCUT2D eigenvalue weighted by molar-refractivity contribution is -0.0476. The largest absolute Gasteiger partial charge is 0.512 e. The number of hydrogen-bond acceptors (Lipinski definition) is 6. The molecule has 1 aliphatic rings. The highest BCUT2D eigenvalue weighted by molar-refractivity contribution is 8.05. The molecule has 7 nitrogen and oxygen atoms in total. The van der Waals surface area contributed by atoms with E-state index in [-0.39, 0.29) is 0 Å². The normalized spacial score (nSPS) is 15.8. The maximum absolute atomic E-state index is 11.5. The molecule has 0 aromatic carbocycles. The van der Waals surface area contributed by atoms with Crippen molar-refractivity contribution in [2.75, 3.05) is 20.3 Å². The fraction of sp³-hybridized carbons (Fsp3) is 0.556. The van der Waals surface area contributed by atoms with Gasteiger partial charge in [0.05, 0.1) is 13.2 Å². The zero-order chi connectivity index (χ0) is 19.4. The smallest absolute Gasteiger partial charge is 0.362 e. The Kier molecular flexibility index (Phi) is 6.97. The number of halogens is 6. The third-order valence-electron chi connectivity index (χ3n) is 2.06. The Hall–Kier alpha value is -1.66. The van der Waals surface area contributed by atoms with Crippen LogP contribution in [0.5, 0.6) is 0 Å². The van der Waals surface area contributed by atoms with Crippen LogP contribution in [-0.2, 0) is 20.0 Å². The second-order valence-electron chi connectivity index (χ2n) is 4.13. The van der Waals surface area contributed by atoms with Gasteiger partial charge in [0.1, 0.15) is 0 Å². The van der Waals surface area contributed by atoms with E-state index in [4.69, 9.17) is 6.42 Å². The van der Waals surface area contributed by atoms with Crippen LogP contribution >= 0.6 is 0 Å². The van der Waals surface area contributed by atoms with Gasteiger partial charge in [-0.3, -0.25) is 0 Å². The van der Waals surface area contributed by atoms with Crippen LogP contribution in [0.3, 0.4) is 0 Å². The lowest BCUT2D eigenvalue weighted by Crippen LogP contribution is -2.45. The molecular weight excluding hydrogens is 392 g/mol. The summed E-state index contributed by atoms with van der Waals surface area (Å²) >= 11 is 0. The summed E-state index contributed by atoms with van der Waals surface area (Å²) in [5, 5.41) is 0. The summed E-state index contributed by atoms with van der Waals surface area (Å²) in [5.74, 6) is 2.58. The molecule has 0 amide bonds. The van der Waals surface area contributed by atoms with E-state index in [1.807, 2.05) is 19.4 Å². The van der Waals surface area contributed by atoms with E-state index >= 15 is 0 Å². The molecule has 0 aromatic heterocycles. The number of nitrogens with zero attached hydrogens (tertiary/aromatic N) is 2. The Labute approximate surface area is 134 Å². The van der Waals surface area contributed by atoms with Gasteiger partial charge in [0, 0.05) is 19.4 Å². The van der Waals surface area contributed by atoms with E-state index in [9.17, 15) is 43.2 Å². The van der Waals surface area contributed by atoms with E-state index in [0.29, 0.717) is 6.54 Å². The lowest BCUT2D eigenvalue weighted by Gasteiger charge is -2.14. The van der Waals surface area contributed by atoms with Crippen molar-refractivity contribution in [1.82, 2.24) is 13.9 Å². The van der Waals surface area contributed by atoms with Crippen molar-refractivity contribution >= 4 is 20.0 Å². The van der Waals surface area contributed by atoms with Crippen LogP contribution in [0.25, 0.3) is 0 Å². The van der Waals surface area contributed by atoms with Gasteiger partial charge in [-0.15, -0.1) is 6.42 Å². The Balaban J connectivity index is 0.000000496. The van der Waals surface area contributed by atoms with Crippen molar-refractivity contribution in [3.05, 3.63) is 12.4 Å². The average Bonchev–Trinajstić information content (AvgIpc) is 2.72. The van der Waals surface area contributed by atoms with Crippen LogP contribution in [0, 0.1) is 12.3 Å². The van der Waals surface area contributed by atoms with Gasteiger partial charge in [-0.1, -0.05) is 10.0 Å². The molecule has 0 aromatic rings. The Morgan fingerprint density at radius 2 is 1.46 bits per heavy atom. The molecule has 0 saturated carbocycles. The molecule has 1 N–H and O–H groups in total. The SMILES string of the molecule is C#CCN1C=CN(C)C1.O=S(=O)(NS(=O)(=O)C(F)(F)F)C(F)(F)F. The minimum absolute atomic E-state index is 0.493. The van der Waals surface area contributed by atoms with Crippen LogP contribution in [-0.4, -0.2) is 57.9 Å². The van der Waals surface area contributed by atoms with Crippen molar-refractivity contribution in [3.8, 4) is 12.3 Å². The number of sulfonamides is 2. The van der Waals surface area contributed by atoms with Gasteiger partial charge in [0.2, 0.25) is 0 Å². The fourth-order valence-electron chi connectivity index (χ4n) is 1.05.